The second-order valence-corrected chi connectivity index (χ2v) is 26.1. The fraction of sp³-hybridized carbons (Fsp3) is 0.250. The minimum absolute atomic E-state index is 0.0243. The van der Waals surface area contributed by atoms with Crippen LogP contribution < -0.4 is 28.4 Å². The molecule has 10 aromatic carbocycles. The zero-order chi connectivity index (χ0) is 73.9. The standard InChI is InChI=1S/C84H84O18/c1-42-29-54(17-23-63(42)85)72(55-18-24-64(86)43(2)30-55)76-79(100-39-69(91)92)48(7)35-60(82(76)97-11)51(10)52-15-14-16-53(38-52)75(61-36-49(8)80(101-40-70(93)94)77(83(61)98-12)73(56-19-25-65(87)44(3)31-56)57-20-26-66(88)45(4)32-57)62-37-50(9)81(102-41-71(95)96)78(84(62)99-13)74(58-21-27-67(89)46(5)33-58)59-22-28-68(90)47(6)34-59/h14-38,51,72-75,85-90H,39-41H2,1-13H3,(H,91,92)(H,93,94)(H,95,96). The van der Waals surface area contributed by atoms with Crippen LogP contribution in [0.4, 0.5) is 0 Å². The quantitative estimate of drug-likeness (QED) is 0.0228. The topological polar surface area (TPSA) is 289 Å². The van der Waals surface area contributed by atoms with Gasteiger partial charge < -0.3 is 74.4 Å². The number of carboxylic acids is 3. The molecule has 0 saturated heterocycles. The van der Waals surface area contributed by atoms with Crippen molar-refractivity contribution in [3.63, 3.8) is 0 Å². The molecule has 0 aliphatic heterocycles. The number of carbonyl (C=O) groups is 3. The highest BCUT2D eigenvalue weighted by atomic mass is 16.5. The van der Waals surface area contributed by atoms with E-state index in [4.69, 9.17) is 28.4 Å². The first-order valence-corrected chi connectivity index (χ1v) is 33.1. The summed E-state index contributed by atoms with van der Waals surface area (Å²) in [5.74, 6) is -6.17. The Bertz CT molecular complexity index is 4550. The number of hydrogen-bond acceptors (Lipinski definition) is 15. The maximum Gasteiger partial charge on any atom is 0.341 e. The van der Waals surface area contributed by atoms with Gasteiger partial charge in [0.2, 0.25) is 0 Å². The van der Waals surface area contributed by atoms with Crippen molar-refractivity contribution in [2.75, 3.05) is 41.2 Å². The molecule has 0 bridgehead atoms. The molecule has 0 radical (unpaired) electrons. The molecule has 18 heteroatoms. The van der Waals surface area contributed by atoms with Gasteiger partial charge in [-0.1, -0.05) is 104 Å². The summed E-state index contributed by atoms with van der Waals surface area (Å²) in [5.41, 5.74) is 13.0. The maximum absolute atomic E-state index is 12.7. The number of aliphatic carboxylic acids is 3. The van der Waals surface area contributed by atoms with Crippen LogP contribution in [0.5, 0.6) is 69.0 Å². The molecule has 0 heterocycles. The molecule has 0 amide bonds. The van der Waals surface area contributed by atoms with Crippen molar-refractivity contribution in [2.24, 2.45) is 0 Å². The fourth-order valence-corrected chi connectivity index (χ4v) is 14.1. The van der Waals surface area contributed by atoms with Crippen LogP contribution in [-0.4, -0.2) is 105 Å². The van der Waals surface area contributed by atoms with Crippen LogP contribution in [0.25, 0.3) is 0 Å². The van der Waals surface area contributed by atoms with Gasteiger partial charge in [-0.3, -0.25) is 0 Å². The van der Waals surface area contributed by atoms with Gasteiger partial charge in [0.05, 0.1) is 21.3 Å². The number of aryl methyl sites for hydroxylation is 9. The predicted molar refractivity (Wildman–Crippen MR) is 387 cm³/mol. The van der Waals surface area contributed by atoms with Crippen molar-refractivity contribution < 1.29 is 88.8 Å². The van der Waals surface area contributed by atoms with Crippen molar-refractivity contribution in [1.29, 1.82) is 0 Å². The van der Waals surface area contributed by atoms with Gasteiger partial charge in [-0.2, -0.15) is 0 Å². The minimum atomic E-state index is -1.26. The van der Waals surface area contributed by atoms with Crippen LogP contribution in [0.2, 0.25) is 0 Å². The van der Waals surface area contributed by atoms with Gasteiger partial charge in [-0.05, 0) is 211 Å². The third kappa shape index (κ3) is 14.8. The Morgan fingerprint density at radius 2 is 0.529 bits per heavy atom. The van der Waals surface area contributed by atoms with Gasteiger partial charge in [-0.25, -0.2) is 14.4 Å². The Balaban J connectivity index is 1.35. The predicted octanol–water partition coefficient (Wildman–Crippen LogP) is 16.0. The monoisotopic (exact) mass is 1380 g/mol. The summed E-state index contributed by atoms with van der Waals surface area (Å²) in [6, 6.07) is 44.6. The molecule has 0 aromatic heterocycles. The van der Waals surface area contributed by atoms with E-state index in [2.05, 4.69) is 0 Å². The Kier molecular flexibility index (Phi) is 21.7. The molecule has 0 fully saturated rings. The number of ether oxygens (including phenoxy) is 6. The van der Waals surface area contributed by atoms with Gasteiger partial charge in [0.15, 0.2) is 19.8 Å². The molecule has 528 valence electrons. The van der Waals surface area contributed by atoms with E-state index >= 15 is 0 Å². The van der Waals surface area contributed by atoms with Crippen molar-refractivity contribution in [3.8, 4) is 69.0 Å². The summed E-state index contributed by atoms with van der Waals surface area (Å²) < 4.78 is 39.6. The highest BCUT2D eigenvalue weighted by Gasteiger charge is 2.39. The van der Waals surface area contributed by atoms with Gasteiger partial charge in [0, 0.05) is 63.0 Å². The molecular formula is C84H84O18. The van der Waals surface area contributed by atoms with Crippen molar-refractivity contribution in [2.45, 2.75) is 98.8 Å². The average molecular weight is 1380 g/mol. The number of phenolic OH excluding ortho intramolecular Hbond substituents is 6. The maximum atomic E-state index is 12.7. The van der Waals surface area contributed by atoms with Crippen LogP contribution in [0.1, 0.15) is 164 Å². The van der Waals surface area contributed by atoms with E-state index in [9.17, 15) is 60.3 Å². The molecule has 9 N–H and O–H groups in total. The van der Waals surface area contributed by atoms with Crippen molar-refractivity contribution >= 4 is 17.9 Å². The van der Waals surface area contributed by atoms with Crippen LogP contribution >= 0.6 is 0 Å². The fourth-order valence-electron chi connectivity index (χ4n) is 14.1. The smallest absolute Gasteiger partial charge is 0.341 e. The first-order chi connectivity index (χ1) is 48.5. The summed E-state index contributed by atoms with van der Waals surface area (Å²) in [7, 11) is 4.54. The normalized spacial score (nSPS) is 11.7. The van der Waals surface area contributed by atoms with E-state index in [0.717, 1.165) is 5.56 Å². The second kappa shape index (κ2) is 30.4. The number of hydrogen-bond donors (Lipinski definition) is 9. The summed E-state index contributed by atoms with van der Waals surface area (Å²) in [5, 5.41) is 97.2. The van der Waals surface area contributed by atoms with Crippen molar-refractivity contribution in [3.05, 3.63) is 280 Å². The number of aromatic hydroxyl groups is 6. The van der Waals surface area contributed by atoms with Crippen LogP contribution in [0.3, 0.4) is 0 Å². The lowest BCUT2D eigenvalue weighted by Crippen LogP contribution is -2.19. The molecule has 1 atom stereocenters. The number of benzene rings is 10. The summed E-state index contributed by atoms with van der Waals surface area (Å²) in [4.78, 5) is 38.0. The second-order valence-electron chi connectivity index (χ2n) is 26.1. The lowest BCUT2D eigenvalue weighted by molar-refractivity contribution is -0.140. The number of carboxylic acid groups (broad SMARTS) is 3. The van der Waals surface area contributed by atoms with Gasteiger partial charge in [-0.15, -0.1) is 0 Å². The molecule has 18 nitrogen and oxygen atoms in total. The SMILES string of the molecule is COc1c(C(C)c2cccc(C(c3cc(C)c(OCC(=O)O)c(C(c4ccc(O)c(C)c4)c4ccc(O)c(C)c4)c3OC)c3cc(C)c(OCC(=O)O)c(C(c4ccc(O)c(C)c4)c4ccc(O)c(C)c4)c3OC)c2)cc(C)c(OCC(=O)O)c1C(c1ccc(O)c(C)c1)c1ccc(O)c(C)c1. The highest BCUT2D eigenvalue weighted by molar-refractivity contribution is 5.74. The molecule has 10 rings (SSSR count). The Labute approximate surface area is 592 Å². The third-order valence-electron chi connectivity index (χ3n) is 19.1. The number of methoxy groups -OCH3 is 3. The third-order valence-corrected chi connectivity index (χ3v) is 19.1. The average Bonchev–Trinajstić information content (AvgIpc) is 0.737. The van der Waals surface area contributed by atoms with E-state index < -0.39 is 67.3 Å². The Morgan fingerprint density at radius 3 is 0.775 bits per heavy atom. The van der Waals surface area contributed by atoms with E-state index in [-0.39, 0.29) is 63.2 Å². The van der Waals surface area contributed by atoms with Crippen LogP contribution in [0.15, 0.2) is 152 Å². The molecular weight excluding hydrogens is 1300 g/mol. The van der Waals surface area contributed by atoms with Crippen molar-refractivity contribution in [1.82, 2.24) is 0 Å². The zero-order valence-corrected chi connectivity index (χ0v) is 59.1. The number of rotatable bonds is 26. The summed E-state index contributed by atoms with van der Waals surface area (Å²) in [6.07, 6.45) is 0. The molecule has 0 spiro atoms. The lowest BCUT2D eigenvalue weighted by Gasteiger charge is -2.33. The Morgan fingerprint density at radius 1 is 0.294 bits per heavy atom. The molecule has 0 aliphatic rings. The van der Waals surface area contributed by atoms with Crippen LogP contribution in [0, 0.1) is 62.3 Å². The molecule has 0 saturated carbocycles. The zero-order valence-electron chi connectivity index (χ0n) is 59.1. The summed E-state index contributed by atoms with van der Waals surface area (Å²) in [6.45, 7) is 15.8. The van der Waals surface area contributed by atoms with Gasteiger partial charge >= 0.3 is 17.9 Å². The Hall–Kier alpha value is -11.8. The molecule has 102 heavy (non-hydrogen) atoms. The van der Waals surface area contributed by atoms with E-state index in [1.54, 1.807) is 128 Å². The highest BCUT2D eigenvalue weighted by Crippen LogP contribution is 2.57. The number of phenols is 6. The molecule has 10 aromatic rings. The van der Waals surface area contributed by atoms with Gasteiger partial charge in [0.25, 0.3) is 0 Å². The first-order valence-electron chi connectivity index (χ1n) is 33.1. The first kappa shape index (κ1) is 72.9. The largest absolute Gasteiger partial charge is 0.508 e. The van der Waals surface area contributed by atoms with Crippen LogP contribution in [-0.2, 0) is 14.4 Å². The minimum Gasteiger partial charge on any atom is -0.508 e. The lowest BCUT2D eigenvalue weighted by atomic mass is 9.75. The summed E-state index contributed by atoms with van der Waals surface area (Å²) >= 11 is 0. The van der Waals surface area contributed by atoms with Gasteiger partial charge in [0.1, 0.15) is 69.0 Å². The van der Waals surface area contributed by atoms with E-state index in [1.807, 2.05) is 92.7 Å². The molecule has 1 unspecified atom stereocenters. The molecule has 0 aliphatic carbocycles. The van der Waals surface area contributed by atoms with E-state index in [0.29, 0.717) is 128 Å². The van der Waals surface area contributed by atoms with E-state index in [1.165, 1.54) is 21.3 Å².